The van der Waals surface area contributed by atoms with E-state index in [1.807, 2.05) is 41.5 Å². The average Bonchev–Trinajstić information content (AvgIpc) is 3.03. The lowest BCUT2D eigenvalue weighted by molar-refractivity contribution is -0.397. The molecule has 0 amide bonds. The molecule has 0 heterocycles. The van der Waals surface area contributed by atoms with Gasteiger partial charge in [0.1, 0.15) is 0 Å². The molecule has 12 nitrogen and oxygen atoms in total. The van der Waals surface area contributed by atoms with Gasteiger partial charge in [-0.25, -0.2) is 0 Å². The lowest BCUT2D eigenvalue weighted by Gasteiger charge is -2.35. The van der Waals surface area contributed by atoms with Crippen LogP contribution in [0.3, 0.4) is 0 Å². The van der Waals surface area contributed by atoms with Crippen molar-refractivity contribution in [1.82, 2.24) is 0 Å². The minimum Gasteiger partial charge on any atom is -0.435 e. The molecule has 0 aromatic heterocycles. The molecule has 0 rings (SSSR count). The number of methoxy groups -OCH3 is 2. The quantitative estimate of drug-likeness (QED) is 0.0486. The first-order valence-corrected chi connectivity index (χ1v) is 16.5. The Morgan fingerprint density at radius 2 is 0.727 bits per heavy atom. The third-order valence-corrected chi connectivity index (χ3v) is 6.05. The summed E-state index contributed by atoms with van der Waals surface area (Å²) >= 11 is 0. The van der Waals surface area contributed by atoms with Gasteiger partial charge in [0, 0.05) is 27.1 Å². The predicted octanol–water partition coefficient (Wildman–Crippen LogP) is 6.23. The normalized spacial score (nSPS) is 13.5. The Balaban J connectivity index is 4.99. The van der Waals surface area contributed by atoms with Crippen LogP contribution in [0.1, 0.15) is 119 Å². The first-order chi connectivity index (χ1) is 21.2. The van der Waals surface area contributed by atoms with E-state index >= 15 is 0 Å². The fourth-order valence-corrected chi connectivity index (χ4v) is 3.85. The average molecular weight is 639 g/mol. The zero-order valence-electron chi connectivity index (χ0n) is 28.8. The van der Waals surface area contributed by atoms with Crippen LogP contribution in [0.5, 0.6) is 0 Å². The molecule has 0 radical (unpaired) electrons. The second kappa shape index (κ2) is 26.8. The van der Waals surface area contributed by atoms with Gasteiger partial charge in [-0.1, -0.05) is 41.5 Å². The smallest absolute Gasteiger partial charge is 0.308 e. The van der Waals surface area contributed by atoms with Crippen molar-refractivity contribution < 1.29 is 57.0 Å². The Hall–Kier alpha value is -1.38. The molecule has 0 fully saturated rings. The van der Waals surface area contributed by atoms with Gasteiger partial charge in [-0.05, 0) is 51.4 Å². The number of rotatable bonds is 31. The highest BCUT2D eigenvalue weighted by atomic mass is 16.9. The van der Waals surface area contributed by atoms with Gasteiger partial charge in [-0.3, -0.25) is 9.59 Å². The number of esters is 2. The Kier molecular flexibility index (Phi) is 26.0. The Morgan fingerprint density at radius 3 is 0.932 bits per heavy atom. The molecule has 0 N–H and O–H groups in total. The van der Waals surface area contributed by atoms with E-state index in [2.05, 4.69) is 0 Å². The molecular formula is C32H62O12. The third kappa shape index (κ3) is 19.2. The van der Waals surface area contributed by atoms with Crippen molar-refractivity contribution in [1.29, 1.82) is 0 Å². The molecule has 0 aromatic carbocycles. The summed E-state index contributed by atoms with van der Waals surface area (Å²) in [6.07, 6.45) is 3.90. The zero-order valence-corrected chi connectivity index (χ0v) is 28.8. The summed E-state index contributed by atoms with van der Waals surface area (Å²) in [5, 5.41) is 0. The molecule has 0 aliphatic carbocycles. The Bertz CT molecular complexity index is 603. The number of ether oxygens (including phenoxy) is 10. The Morgan fingerprint density at radius 1 is 0.477 bits per heavy atom. The van der Waals surface area contributed by atoms with E-state index in [9.17, 15) is 9.59 Å². The van der Waals surface area contributed by atoms with E-state index in [0.717, 1.165) is 38.5 Å². The van der Waals surface area contributed by atoms with Gasteiger partial charge in [0.15, 0.2) is 0 Å². The van der Waals surface area contributed by atoms with Crippen molar-refractivity contribution in [2.24, 2.45) is 0 Å². The van der Waals surface area contributed by atoms with Crippen molar-refractivity contribution in [2.45, 2.75) is 143 Å². The van der Waals surface area contributed by atoms with Crippen LogP contribution in [0.15, 0.2) is 0 Å². The van der Waals surface area contributed by atoms with Crippen LogP contribution in [0.2, 0.25) is 0 Å². The van der Waals surface area contributed by atoms with Crippen LogP contribution >= 0.6 is 0 Å². The SMILES string of the molecule is CCCOC(CC(OC)OC(=O)CCCCC(=O)OC(CC(OCCC)(OCCC)OCCC)OC)(OCCC)OCCC. The second-order valence-electron chi connectivity index (χ2n) is 10.4. The maximum atomic E-state index is 12.6. The highest BCUT2D eigenvalue weighted by Gasteiger charge is 2.39. The van der Waals surface area contributed by atoms with E-state index in [4.69, 9.17) is 47.4 Å². The van der Waals surface area contributed by atoms with Gasteiger partial charge in [0.05, 0.1) is 52.5 Å². The van der Waals surface area contributed by atoms with Gasteiger partial charge in [0.2, 0.25) is 12.6 Å². The third-order valence-electron chi connectivity index (χ3n) is 6.05. The van der Waals surface area contributed by atoms with Crippen LogP contribution in [0, 0.1) is 0 Å². The number of carbonyl (C=O) groups is 2. The summed E-state index contributed by atoms with van der Waals surface area (Å²) in [6, 6.07) is 0. The van der Waals surface area contributed by atoms with Crippen molar-refractivity contribution >= 4 is 11.9 Å². The van der Waals surface area contributed by atoms with Gasteiger partial charge < -0.3 is 47.4 Å². The molecule has 0 aliphatic heterocycles. The molecule has 12 heteroatoms. The monoisotopic (exact) mass is 638 g/mol. The van der Waals surface area contributed by atoms with E-state index in [0.29, 0.717) is 52.5 Å². The molecule has 44 heavy (non-hydrogen) atoms. The van der Waals surface area contributed by atoms with Gasteiger partial charge >= 0.3 is 11.9 Å². The number of unbranched alkanes of at least 4 members (excludes halogenated alkanes) is 1. The summed E-state index contributed by atoms with van der Waals surface area (Å²) in [5.74, 6) is -3.66. The molecule has 0 aromatic rings. The first kappa shape index (κ1) is 42.6. The van der Waals surface area contributed by atoms with Crippen molar-refractivity contribution in [3.8, 4) is 0 Å². The van der Waals surface area contributed by atoms with Crippen LogP contribution in [0.25, 0.3) is 0 Å². The first-order valence-electron chi connectivity index (χ1n) is 16.5. The molecule has 2 atom stereocenters. The summed E-state index contributed by atoms with van der Waals surface area (Å²) in [6.45, 7) is 14.4. The second-order valence-corrected chi connectivity index (χ2v) is 10.4. The maximum absolute atomic E-state index is 12.6. The lowest BCUT2D eigenvalue weighted by Crippen LogP contribution is -2.44. The molecule has 0 bridgehead atoms. The van der Waals surface area contributed by atoms with E-state index in [1.54, 1.807) is 0 Å². The largest absolute Gasteiger partial charge is 0.435 e. The minimum atomic E-state index is -1.37. The molecule has 2 unspecified atom stereocenters. The minimum absolute atomic E-state index is 0.0629. The lowest BCUT2D eigenvalue weighted by atomic mass is 10.2. The maximum Gasteiger partial charge on any atom is 0.308 e. The summed E-state index contributed by atoms with van der Waals surface area (Å²) < 4.78 is 57.7. The fourth-order valence-electron chi connectivity index (χ4n) is 3.85. The van der Waals surface area contributed by atoms with Crippen LogP contribution in [-0.4, -0.2) is 90.3 Å². The van der Waals surface area contributed by atoms with E-state index in [1.165, 1.54) is 14.2 Å². The number of carbonyl (C=O) groups excluding carboxylic acids is 2. The van der Waals surface area contributed by atoms with Gasteiger partial charge in [-0.15, -0.1) is 0 Å². The molecule has 0 aliphatic rings. The fraction of sp³-hybridized carbons (Fsp3) is 0.938. The number of hydrogen-bond acceptors (Lipinski definition) is 12. The van der Waals surface area contributed by atoms with Crippen molar-refractivity contribution in [3.63, 3.8) is 0 Å². The predicted molar refractivity (Wildman–Crippen MR) is 164 cm³/mol. The zero-order chi connectivity index (χ0) is 33.1. The summed E-state index contributed by atoms with van der Waals surface area (Å²) in [4.78, 5) is 25.2. The standard InChI is InChI=1S/C32H62O12/c1-9-19-37-31(38-20-10-2,39-21-11-3)25-29(35-7)43-27(33)17-15-16-18-28(34)44-30(36-8)26-32(40-22-12-4,41-23-13-5)42-24-14-6/h29-30H,9-26H2,1-8H3. The molecule has 0 saturated heterocycles. The summed E-state index contributed by atoms with van der Waals surface area (Å²) in [7, 11) is 2.90. The summed E-state index contributed by atoms with van der Waals surface area (Å²) in [5.41, 5.74) is 0. The van der Waals surface area contributed by atoms with Crippen LogP contribution in [-0.2, 0) is 57.0 Å². The van der Waals surface area contributed by atoms with Gasteiger partial charge in [-0.2, -0.15) is 0 Å². The van der Waals surface area contributed by atoms with E-state index < -0.39 is 36.5 Å². The number of hydrogen-bond donors (Lipinski definition) is 0. The topological polar surface area (TPSA) is 126 Å². The van der Waals surface area contributed by atoms with Crippen LogP contribution in [0.4, 0.5) is 0 Å². The highest BCUT2D eigenvalue weighted by Crippen LogP contribution is 2.27. The van der Waals surface area contributed by atoms with Crippen molar-refractivity contribution in [2.75, 3.05) is 53.9 Å². The van der Waals surface area contributed by atoms with Gasteiger partial charge in [0.25, 0.3) is 11.9 Å². The molecular weight excluding hydrogens is 576 g/mol. The molecule has 0 saturated carbocycles. The Labute approximate surface area is 266 Å². The molecule has 262 valence electrons. The van der Waals surface area contributed by atoms with Crippen LogP contribution < -0.4 is 0 Å². The van der Waals surface area contributed by atoms with E-state index in [-0.39, 0.29) is 25.7 Å². The van der Waals surface area contributed by atoms with Crippen molar-refractivity contribution in [3.05, 3.63) is 0 Å². The highest BCUT2D eigenvalue weighted by molar-refractivity contribution is 5.70. The molecule has 0 spiro atoms.